The zero-order valence-electron chi connectivity index (χ0n) is 10.8. The summed E-state index contributed by atoms with van der Waals surface area (Å²) >= 11 is 0. The molecule has 1 heterocycles. The van der Waals surface area contributed by atoms with Gasteiger partial charge in [0.15, 0.2) is 0 Å². The van der Waals surface area contributed by atoms with E-state index in [9.17, 15) is 5.11 Å². The molecule has 0 radical (unpaired) electrons. The van der Waals surface area contributed by atoms with Gasteiger partial charge in [0.1, 0.15) is 0 Å². The van der Waals surface area contributed by atoms with E-state index in [1.54, 1.807) is 0 Å². The van der Waals surface area contributed by atoms with Crippen LogP contribution in [-0.2, 0) is 6.42 Å². The summed E-state index contributed by atoms with van der Waals surface area (Å²) in [5.74, 6) is 0. The third kappa shape index (κ3) is 2.25. The van der Waals surface area contributed by atoms with Gasteiger partial charge in [-0.05, 0) is 43.2 Å². The second-order valence-electron chi connectivity index (χ2n) is 5.88. The van der Waals surface area contributed by atoms with Gasteiger partial charge in [-0.25, -0.2) is 0 Å². The molecule has 1 N–H and O–H groups in total. The van der Waals surface area contributed by atoms with Gasteiger partial charge in [-0.1, -0.05) is 31.2 Å². The van der Waals surface area contributed by atoms with Crippen molar-refractivity contribution in [3.8, 4) is 0 Å². The van der Waals surface area contributed by atoms with Crippen LogP contribution in [0.2, 0.25) is 0 Å². The Bertz CT molecular complexity index is 566. The van der Waals surface area contributed by atoms with Gasteiger partial charge in [0.05, 0.1) is 11.6 Å². The smallest absolute Gasteiger partial charge is 0.0705 e. The van der Waals surface area contributed by atoms with Crippen molar-refractivity contribution in [1.82, 2.24) is 4.98 Å². The second-order valence-corrected chi connectivity index (χ2v) is 5.88. The summed E-state index contributed by atoms with van der Waals surface area (Å²) in [6.45, 7) is 2.26. The molecule has 94 valence electrons. The van der Waals surface area contributed by atoms with Crippen LogP contribution >= 0.6 is 0 Å². The normalized spacial score (nSPS) is 27.8. The lowest BCUT2D eigenvalue weighted by Gasteiger charge is -2.23. The first-order chi connectivity index (χ1) is 8.65. The number of fused-ring (bicyclic) bond motifs is 1. The van der Waals surface area contributed by atoms with E-state index in [1.807, 2.05) is 12.1 Å². The van der Waals surface area contributed by atoms with Crippen LogP contribution in [0.1, 0.15) is 31.9 Å². The van der Waals surface area contributed by atoms with Crippen LogP contribution in [0, 0.1) is 5.41 Å². The Morgan fingerprint density at radius 3 is 2.89 bits per heavy atom. The van der Waals surface area contributed by atoms with E-state index < -0.39 is 0 Å². The van der Waals surface area contributed by atoms with E-state index in [4.69, 9.17) is 4.98 Å². The van der Waals surface area contributed by atoms with Crippen molar-refractivity contribution in [3.63, 3.8) is 0 Å². The van der Waals surface area contributed by atoms with Gasteiger partial charge in [-0.15, -0.1) is 0 Å². The molecule has 0 amide bonds. The zero-order valence-corrected chi connectivity index (χ0v) is 10.8. The van der Waals surface area contributed by atoms with Gasteiger partial charge in [0.25, 0.3) is 0 Å². The molecule has 2 nitrogen and oxygen atoms in total. The maximum absolute atomic E-state index is 9.69. The van der Waals surface area contributed by atoms with Crippen LogP contribution < -0.4 is 0 Å². The minimum Gasteiger partial charge on any atom is -0.393 e. The van der Waals surface area contributed by atoms with Crippen molar-refractivity contribution >= 4 is 10.9 Å². The van der Waals surface area contributed by atoms with Crippen molar-refractivity contribution in [2.24, 2.45) is 5.41 Å². The van der Waals surface area contributed by atoms with E-state index in [0.29, 0.717) is 0 Å². The Kier molecular flexibility index (Phi) is 2.83. The van der Waals surface area contributed by atoms with Crippen LogP contribution in [0.15, 0.2) is 36.4 Å². The second kappa shape index (κ2) is 4.36. The molecule has 2 heteroatoms. The Morgan fingerprint density at radius 2 is 2.11 bits per heavy atom. The van der Waals surface area contributed by atoms with Gasteiger partial charge in [0.2, 0.25) is 0 Å². The first-order valence-corrected chi connectivity index (χ1v) is 6.67. The van der Waals surface area contributed by atoms with Gasteiger partial charge in [0, 0.05) is 11.1 Å². The molecule has 1 aliphatic rings. The highest BCUT2D eigenvalue weighted by molar-refractivity contribution is 5.78. The number of para-hydroxylation sites is 1. The van der Waals surface area contributed by atoms with Gasteiger partial charge in [-0.3, -0.25) is 4.98 Å². The molecule has 1 aromatic heterocycles. The molecule has 1 saturated carbocycles. The first-order valence-electron chi connectivity index (χ1n) is 6.67. The number of hydrogen-bond donors (Lipinski definition) is 1. The number of aliphatic hydroxyl groups is 1. The number of rotatable bonds is 2. The highest BCUT2D eigenvalue weighted by atomic mass is 16.3. The molecule has 18 heavy (non-hydrogen) atoms. The molecule has 1 aromatic carbocycles. The van der Waals surface area contributed by atoms with Crippen molar-refractivity contribution in [2.75, 3.05) is 0 Å². The maximum Gasteiger partial charge on any atom is 0.0705 e. The largest absolute Gasteiger partial charge is 0.393 e. The van der Waals surface area contributed by atoms with Crippen molar-refractivity contribution in [2.45, 2.75) is 38.7 Å². The van der Waals surface area contributed by atoms with Crippen LogP contribution in [0.25, 0.3) is 10.9 Å². The predicted octanol–water partition coefficient (Wildman–Crippen LogP) is 3.33. The van der Waals surface area contributed by atoms with Gasteiger partial charge >= 0.3 is 0 Å². The molecular weight excluding hydrogens is 222 g/mol. The number of aromatic nitrogens is 1. The van der Waals surface area contributed by atoms with Crippen molar-refractivity contribution in [1.29, 1.82) is 0 Å². The van der Waals surface area contributed by atoms with Crippen LogP contribution in [0.4, 0.5) is 0 Å². The zero-order chi connectivity index (χ0) is 12.6. The molecule has 2 atom stereocenters. The minimum atomic E-state index is -0.115. The number of aliphatic hydroxyl groups excluding tert-OH is 1. The minimum absolute atomic E-state index is 0.115. The third-order valence-corrected chi connectivity index (χ3v) is 4.07. The lowest BCUT2D eigenvalue weighted by atomic mass is 9.83. The fourth-order valence-electron chi connectivity index (χ4n) is 3.09. The Morgan fingerprint density at radius 1 is 1.28 bits per heavy atom. The van der Waals surface area contributed by atoms with Gasteiger partial charge in [-0.2, -0.15) is 0 Å². The Labute approximate surface area is 108 Å². The SMILES string of the molecule is CC1(Cc2ccc3ccccc3n2)CCC(O)C1. The van der Waals surface area contributed by atoms with E-state index in [1.165, 1.54) is 5.39 Å². The Hall–Kier alpha value is -1.41. The van der Waals surface area contributed by atoms with E-state index in [0.717, 1.165) is 36.9 Å². The molecule has 3 rings (SSSR count). The maximum atomic E-state index is 9.69. The number of nitrogens with zero attached hydrogens (tertiary/aromatic N) is 1. The number of pyridine rings is 1. The number of hydrogen-bond acceptors (Lipinski definition) is 2. The van der Waals surface area contributed by atoms with Crippen molar-refractivity contribution < 1.29 is 5.11 Å². The average Bonchev–Trinajstić information content (AvgIpc) is 2.69. The van der Waals surface area contributed by atoms with Crippen LogP contribution in [-0.4, -0.2) is 16.2 Å². The molecule has 0 saturated heterocycles. The summed E-state index contributed by atoms with van der Waals surface area (Å²) in [5, 5.41) is 10.9. The molecule has 1 fully saturated rings. The quantitative estimate of drug-likeness (QED) is 0.874. The highest BCUT2D eigenvalue weighted by Gasteiger charge is 2.34. The summed E-state index contributed by atoms with van der Waals surface area (Å²) in [5.41, 5.74) is 2.43. The summed E-state index contributed by atoms with van der Waals surface area (Å²) in [4.78, 5) is 4.73. The molecular formula is C16H19NO. The fraction of sp³-hybridized carbons (Fsp3) is 0.438. The lowest BCUT2D eigenvalue weighted by Crippen LogP contribution is -2.17. The summed E-state index contributed by atoms with van der Waals surface area (Å²) in [7, 11) is 0. The molecule has 2 aromatic rings. The Balaban J connectivity index is 1.86. The average molecular weight is 241 g/mol. The lowest BCUT2D eigenvalue weighted by molar-refractivity contribution is 0.163. The van der Waals surface area contributed by atoms with E-state index in [-0.39, 0.29) is 11.5 Å². The highest BCUT2D eigenvalue weighted by Crippen LogP contribution is 2.40. The summed E-state index contributed by atoms with van der Waals surface area (Å²) in [6.07, 6.45) is 3.79. The number of benzene rings is 1. The monoisotopic (exact) mass is 241 g/mol. The first kappa shape index (κ1) is 11.7. The van der Waals surface area contributed by atoms with E-state index >= 15 is 0 Å². The van der Waals surface area contributed by atoms with Crippen LogP contribution in [0.3, 0.4) is 0 Å². The topological polar surface area (TPSA) is 33.1 Å². The predicted molar refractivity (Wildman–Crippen MR) is 73.4 cm³/mol. The summed E-state index contributed by atoms with van der Waals surface area (Å²) < 4.78 is 0. The standard InChI is InChI=1S/C16H19NO/c1-16(9-8-14(18)11-16)10-13-7-6-12-4-2-3-5-15(12)17-13/h2-7,14,18H,8-11H2,1H3. The third-order valence-electron chi connectivity index (χ3n) is 4.07. The molecule has 1 aliphatic carbocycles. The molecule has 0 bridgehead atoms. The van der Waals surface area contributed by atoms with Crippen LogP contribution in [0.5, 0.6) is 0 Å². The van der Waals surface area contributed by atoms with Gasteiger partial charge < -0.3 is 5.11 Å². The van der Waals surface area contributed by atoms with Crippen molar-refractivity contribution in [3.05, 3.63) is 42.1 Å². The molecule has 0 aliphatic heterocycles. The summed E-state index contributed by atoms with van der Waals surface area (Å²) in [6, 6.07) is 12.5. The van der Waals surface area contributed by atoms with E-state index in [2.05, 4.69) is 31.2 Å². The molecule has 2 unspecified atom stereocenters. The molecule has 0 spiro atoms. The fourth-order valence-corrected chi connectivity index (χ4v) is 3.09.